The van der Waals surface area contributed by atoms with Gasteiger partial charge in [-0.3, -0.25) is 4.79 Å². The number of rotatable bonds is 8. The van der Waals surface area contributed by atoms with E-state index in [9.17, 15) is 22.8 Å². The summed E-state index contributed by atoms with van der Waals surface area (Å²) in [6, 6.07) is 8.33. The van der Waals surface area contributed by atoms with E-state index in [1.807, 2.05) is 6.92 Å². The third kappa shape index (κ3) is 6.73. The molecule has 0 unspecified atom stereocenters. The van der Waals surface area contributed by atoms with E-state index in [1.54, 1.807) is 28.0 Å². The summed E-state index contributed by atoms with van der Waals surface area (Å²) in [6.07, 6.45) is -2.86. The van der Waals surface area contributed by atoms with Crippen molar-refractivity contribution in [3.8, 4) is 17.0 Å². The number of hydrogen-bond donors (Lipinski definition) is 1. The van der Waals surface area contributed by atoms with Crippen LogP contribution in [-0.4, -0.2) is 47.9 Å². The smallest absolute Gasteiger partial charge is 0.459 e. The molecule has 182 valence electrons. The zero-order valence-corrected chi connectivity index (χ0v) is 19.3. The number of hydrogen-bond acceptors (Lipinski definition) is 5. The average molecular weight is 497 g/mol. The van der Waals surface area contributed by atoms with Gasteiger partial charge in [-0.1, -0.05) is 0 Å². The van der Waals surface area contributed by atoms with E-state index in [-0.39, 0.29) is 17.5 Å². The Bertz CT molecular complexity index is 1170. The molecule has 1 N–H and O–H groups in total. The zero-order chi connectivity index (χ0) is 24.7. The number of benzene rings is 1. The van der Waals surface area contributed by atoms with Crippen LogP contribution in [-0.2, 0) is 6.54 Å². The predicted octanol–water partition coefficient (Wildman–Crippen LogP) is 4.50. The number of carbonyl (C=O) groups is 2. The summed E-state index contributed by atoms with van der Waals surface area (Å²) < 4.78 is 48.2. The van der Waals surface area contributed by atoms with Crippen molar-refractivity contribution in [3.63, 3.8) is 0 Å². The summed E-state index contributed by atoms with van der Waals surface area (Å²) in [5.41, 5.74) is 1.28. The van der Waals surface area contributed by atoms with Gasteiger partial charge in [-0.15, -0.1) is 24.5 Å². The number of aromatic nitrogens is 1. The molecule has 3 rings (SSSR count). The molecular weight excluding hydrogens is 473 g/mol. The zero-order valence-electron chi connectivity index (χ0n) is 18.5. The Balaban J connectivity index is 1.88. The molecule has 0 aliphatic heterocycles. The number of ether oxygens (including phenoxy) is 1. The van der Waals surface area contributed by atoms with Gasteiger partial charge in [0.1, 0.15) is 5.75 Å². The van der Waals surface area contributed by atoms with Gasteiger partial charge in [0, 0.05) is 32.1 Å². The average Bonchev–Trinajstić information content (AvgIpc) is 3.44. The minimum absolute atomic E-state index is 0.0890. The lowest BCUT2D eigenvalue weighted by atomic mass is 10.1. The maximum atomic E-state index is 12.5. The van der Waals surface area contributed by atoms with Crippen molar-refractivity contribution >= 4 is 23.3 Å². The van der Waals surface area contributed by atoms with Crippen molar-refractivity contribution in [2.24, 2.45) is 4.99 Å². The summed E-state index contributed by atoms with van der Waals surface area (Å²) in [5, 5.41) is 4.48. The first kappa shape index (κ1) is 25.1. The van der Waals surface area contributed by atoms with Gasteiger partial charge in [-0.2, -0.15) is 4.99 Å². The minimum Gasteiger partial charge on any atom is -0.459 e. The van der Waals surface area contributed by atoms with Crippen LogP contribution in [0.25, 0.3) is 11.3 Å². The van der Waals surface area contributed by atoms with Crippen molar-refractivity contribution in [3.05, 3.63) is 58.6 Å². The number of halogens is 3. The highest BCUT2D eigenvalue weighted by Crippen LogP contribution is 2.27. The summed E-state index contributed by atoms with van der Waals surface area (Å²) >= 11 is 1.21. The van der Waals surface area contributed by atoms with Crippen molar-refractivity contribution in [2.45, 2.75) is 26.3 Å². The second kappa shape index (κ2) is 11.1. The molecule has 12 heteroatoms. The molecule has 0 saturated carbocycles. The summed E-state index contributed by atoms with van der Waals surface area (Å²) in [5.74, 6) is -0.800. The number of alkyl halides is 3. The molecule has 34 heavy (non-hydrogen) atoms. The molecule has 0 aliphatic rings. The molecule has 0 atom stereocenters. The highest BCUT2D eigenvalue weighted by molar-refractivity contribution is 7.07. The fraction of sp³-hybridized carbons (Fsp3) is 0.318. The van der Waals surface area contributed by atoms with Gasteiger partial charge >= 0.3 is 18.3 Å². The van der Waals surface area contributed by atoms with E-state index in [2.05, 4.69) is 15.0 Å². The second-order valence-corrected chi connectivity index (χ2v) is 7.97. The van der Waals surface area contributed by atoms with Crippen molar-refractivity contribution < 1.29 is 31.9 Å². The number of thiazole rings is 1. The van der Waals surface area contributed by atoms with Crippen LogP contribution < -0.4 is 14.9 Å². The maximum absolute atomic E-state index is 12.5. The molecule has 0 spiro atoms. The van der Waals surface area contributed by atoms with Gasteiger partial charge < -0.3 is 23.9 Å². The highest BCUT2D eigenvalue weighted by Gasteiger charge is 2.31. The molecule has 0 radical (unpaired) electrons. The predicted molar refractivity (Wildman–Crippen MR) is 119 cm³/mol. The van der Waals surface area contributed by atoms with Crippen LogP contribution in [0.2, 0.25) is 0 Å². The molecular formula is C22H23F3N4O4S. The van der Waals surface area contributed by atoms with Crippen LogP contribution in [0.5, 0.6) is 5.75 Å². The van der Waals surface area contributed by atoms with Gasteiger partial charge in [0.25, 0.3) is 0 Å². The molecule has 3 amide bonds. The molecule has 0 saturated heterocycles. The third-order valence-electron chi connectivity index (χ3n) is 4.66. The van der Waals surface area contributed by atoms with Crippen LogP contribution in [0.4, 0.5) is 18.0 Å². The Morgan fingerprint density at radius 2 is 1.97 bits per heavy atom. The van der Waals surface area contributed by atoms with Crippen molar-refractivity contribution in [1.82, 2.24) is 14.8 Å². The molecule has 3 aromatic rings. The SMILES string of the molecule is CCNC(=O)N(C)CCCn1c(-c2ccc(OC(F)(F)F)cc2)cs/c1=N\C(=O)c1ccco1. The van der Waals surface area contributed by atoms with Crippen LogP contribution in [0.1, 0.15) is 23.9 Å². The Kier molecular flexibility index (Phi) is 8.16. The number of carbonyl (C=O) groups excluding carboxylic acids is 2. The number of nitrogens with one attached hydrogen (secondary N) is 1. The Labute approximate surface area is 197 Å². The van der Waals surface area contributed by atoms with Crippen molar-refractivity contribution in [1.29, 1.82) is 0 Å². The van der Waals surface area contributed by atoms with Crippen molar-refractivity contribution in [2.75, 3.05) is 20.1 Å². The Morgan fingerprint density at radius 1 is 1.24 bits per heavy atom. The summed E-state index contributed by atoms with van der Waals surface area (Å²) in [4.78, 5) is 30.5. The van der Waals surface area contributed by atoms with Crippen LogP contribution in [0, 0.1) is 0 Å². The van der Waals surface area contributed by atoms with E-state index >= 15 is 0 Å². The third-order valence-corrected chi connectivity index (χ3v) is 5.52. The lowest BCUT2D eigenvalue weighted by Crippen LogP contribution is -2.38. The Morgan fingerprint density at radius 3 is 2.59 bits per heavy atom. The van der Waals surface area contributed by atoms with E-state index < -0.39 is 12.3 Å². The topological polar surface area (TPSA) is 89.1 Å². The number of furan rings is 1. The lowest BCUT2D eigenvalue weighted by Gasteiger charge is -2.18. The summed E-state index contributed by atoms with van der Waals surface area (Å²) in [6.45, 7) is 3.19. The number of urea groups is 1. The first-order valence-electron chi connectivity index (χ1n) is 10.3. The van der Waals surface area contributed by atoms with Gasteiger partial charge in [0.05, 0.1) is 12.0 Å². The van der Waals surface area contributed by atoms with Gasteiger partial charge in [0.15, 0.2) is 10.6 Å². The highest BCUT2D eigenvalue weighted by atomic mass is 32.1. The van der Waals surface area contributed by atoms with E-state index in [0.29, 0.717) is 42.1 Å². The van der Waals surface area contributed by atoms with E-state index in [4.69, 9.17) is 4.42 Å². The molecule has 0 aliphatic carbocycles. The molecule has 0 bridgehead atoms. The monoisotopic (exact) mass is 496 g/mol. The quantitative estimate of drug-likeness (QED) is 0.497. The standard InChI is InChI=1S/C22H23F3N4O4S/c1-3-26-20(31)28(2)11-5-12-29-17(15-7-9-16(10-8-15)33-22(23,24)25)14-34-21(29)27-19(30)18-6-4-13-32-18/h4,6-10,13-14H,3,5,11-12H2,1-2H3,(H,26,31)/b27-21-. The van der Waals surface area contributed by atoms with Crippen LogP contribution in [0.15, 0.2) is 57.5 Å². The lowest BCUT2D eigenvalue weighted by molar-refractivity contribution is -0.274. The van der Waals surface area contributed by atoms with Crippen LogP contribution >= 0.6 is 11.3 Å². The van der Waals surface area contributed by atoms with Gasteiger partial charge in [-0.05, 0) is 55.3 Å². The number of nitrogens with zero attached hydrogens (tertiary/aromatic N) is 3. The normalized spacial score (nSPS) is 12.0. The fourth-order valence-corrected chi connectivity index (χ4v) is 4.02. The molecule has 1 aromatic carbocycles. The molecule has 2 heterocycles. The van der Waals surface area contributed by atoms with E-state index in [0.717, 1.165) is 0 Å². The first-order valence-corrected chi connectivity index (χ1v) is 11.2. The maximum Gasteiger partial charge on any atom is 0.573 e. The molecule has 8 nitrogen and oxygen atoms in total. The molecule has 0 fully saturated rings. The Hall–Kier alpha value is -3.54. The van der Waals surface area contributed by atoms with E-state index in [1.165, 1.54) is 47.9 Å². The largest absolute Gasteiger partial charge is 0.573 e. The van der Waals surface area contributed by atoms with Gasteiger partial charge in [0.2, 0.25) is 0 Å². The second-order valence-electron chi connectivity index (χ2n) is 7.13. The fourth-order valence-electron chi connectivity index (χ4n) is 3.09. The number of amides is 3. The summed E-state index contributed by atoms with van der Waals surface area (Å²) in [7, 11) is 1.68. The minimum atomic E-state index is -4.78. The van der Waals surface area contributed by atoms with Crippen LogP contribution in [0.3, 0.4) is 0 Å². The first-order chi connectivity index (χ1) is 16.2. The van der Waals surface area contributed by atoms with Gasteiger partial charge in [-0.25, -0.2) is 4.79 Å². The molecule has 2 aromatic heterocycles.